The number of imide groups is 1. The summed E-state index contributed by atoms with van der Waals surface area (Å²) in [6.07, 6.45) is 2.16. The molecule has 9 nitrogen and oxygen atoms in total. The fourth-order valence-electron chi connectivity index (χ4n) is 4.19. The van der Waals surface area contributed by atoms with Crippen molar-refractivity contribution >= 4 is 17.8 Å². The third-order valence-electron chi connectivity index (χ3n) is 5.85. The van der Waals surface area contributed by atoms with Gasteiger partial charge in [-0.15, -0.1) is 0 Å². The number of hydrogen-bond donors (Lipinski definition) is 0. The summed E-state index contributed by atoms with van der Waals surface area (Å²) in [4.78, 5) is 43.7. The van der Waals surface area contributed by atoms with E-state index in [-0.39, 0.29) is 36.8 Å². The van der Waals surface area contributed by atoms with E-state index in [1.54, 1.807) is 9.80 Å². The van der Waals surface area contributed by atoms with Gasteiger partial charge in [-0.3, -0.25) is 14.5 Å². The first-order chi connectivity index (χ1) is 14.6. The second-order valence-corrected chi connectivity index (χ2v) is 7.50. The van der Waals surface area contributed by atoms with E-state index in [0.717, 1.165) is 5.56 Å². The molecule has 3 heterocycles. The van der Waals surface area contributed by atoms with E-state index in [1.165, 1.54) is 24.3 Å². The maximum absolute atomic E-state index is 13.4. The minimum Gasteiger partial charge on any atom is -0.383 e. The standard InChI is InChI=1S/C21H24N4O5/c1-29-14-13-24-19(27)21(25(20(24)28)15-16-5-3-2-4-6-16)8-11-23(12-9-21)18(26)17-7-10-22-30-17/h2-7,10H,8-9,11-15H2,1H3. The number of carbonyl (C=O) groups is 3. The van der Waals surface area contributed by atoms with Crippen molar-refractivity contribution in [3.8, 4) is 0 Å². The lowest BCUT2D eigenvalue weighted by atomic mass is 9.85. The summed E-state index contributed by atoms with van der Waals surface area (Å²) in [6, 6.07) is 10.8. The Labute approximate surface area is 174 Å². The van der Waals surface area contributed by atoms with Crippen molar-refractivity contribution in [3.05, 3.63) is 53.9 Å². The third kappa shape index (κ3) is 3.45. The number of aromatic nitrogens is 1. The molecule has 0 radical (unpaired) electrons. The normalized spacial score (nSPS) is 18.5. The van der Waals surface area contributed by atoms with Crippen LogP contribution in [0.25, 0.3) is 0 Å². The van der Waals surface area contributed by atoms with Crippen molar-refractivity contribution in [2.24, 2.45) is 0 Å². The van der Waals surface area contributed by atoms with E-state index in [4.69, 9.17) is 9.26 Å². The van der Waals surface area contributed by atoms with Gasteiger partial charge < -0.3 is 19.1 Å². The van der Waals surface area contributed by atoms with Gasteiger partial charge in [-0.25, -0.2) is 4.79 Å². The molecule has 1 spiro atoms. The highest BCUT2D eigenvalue weighted by Gasteiger charge is 2.58. The molecule has 1 aromatic carbocycles. The topological polar surface area (TPSA) is 96.2 Å². The average Bonchev–Trinajstić information content (AvgIpc) is 3.37. The summed E-state index contributed by atoms with van der Waals surface area (Å²) in [6.45, 7) is 1.53. The number of benzene rings is 1. The predicted molar refractivity (Wildman–Crippen MR) is 105 cm³/mol. The van der Waals surface area contributed by atoms with Gasteiger partial charge in [0.25, 0.3) is 11.8 Å². The van der Waals surface area contributed by atoms with Gasteiger partial charge in [0.15, 0.2) is 0 Å². The van der Waals surface area contributed by atoms with Crippen molar-refractivity contribution in [1.29, 1.82) is 0 Å². The highest BCUT2D eigenvalue weighted by atomic mass is 16.5. The van der Waals surface area contributed by atoms with Gasteiger partial charge in [0.2, 0.25) is 5.76 Å². The van der Waals surface area contributed by atoms with Crippen LogP contribution in [0.5, 0.6) is 0 Å². The zero-order valence-electron chi connectivity index (χ0n) is 16.8. The number of piperidine rings is 1. The van der Waals surface area contributed by atoms with Gasteiger partial charge in [-0.2, -0.15) is 0 Å². The van der Waals surface area contributed by atoms with Crippen molar-refractivity contribution in [2.75, 3.05) is 33.4 Å². The molecule has 2 fully saturated rings. The summed E-state index contributed by atoms with van der Waals surface area (Å²) >= 11 is 0. The first-order valence-electron chi connectivity index (χ1n) is 9.93. The van der Waals surface area contributed by atoms with Crippen molar-refractivity contribution in [1.82, 2.24) is 19.9 Å². The molecule has 4 rings (SSSR count). The average molecular weight is 412 g/mol. The zero-order chi connectivity index (χ0) is 21.1. The van der Waals surface area contributed by atoms with Gasteiger partial charge in [0.1, 0.15) is 5.54 Å². The van der Waals surface area contributed by atoms with Crippen LogP contribution in [0.15, 0.2) is 47.1 Å². The van der Waals surface area contributed by atoms with Crippen LogP contribution in [0.1, 0.15) is 29.0 Å². The Bertz CT molecular complexity index is 907. The molecule has 2 saturated heterocycles. The molecule has 158 valence electrons. The molecule has 0 unspecified atom stereocenters. The quantitative estimate of drug-likeness (QED) is 0.671. The summed E-state index contributed by atoms with van der Waals surface area (Å²) in [5, 5.41) is 3.58. The van der Waals surface area contributed by atoms with Crippen LogP contribution >= 0.6 is 0 Å². The van der Waals surface area contributed by atoms with Crippen LogP contribution in [0, 0.1) is 0 Å². The minimum absolute atomic E-state index is 0.169. The predicted octanol–water partition coefficient (Wildman–Crippen LogP) is 1.76. The van der Waals surface area contributed by atoms with Crippen molar-refractivity contribution in [2.45, 2.75) is 24.9 Å². The van der Waals surface area contributed by atoms with E-state index in [9.17, 15) is 14.4 Å². The van der Waals surface area contributed by atoms with Gasteiger partial charge in [0.05, 0.1) is 19.3 Å². The summed E-state index contributed by atoms with van der Waals surface area (Å²) in [5.41, 5.74) is -0.00874. The fourth-order valence-corrected chi connectivity index (χ4v) is 4.19. The Morgan fingerprint density at radius 2 is 1.90 bits per heavy atom. The molecular weight excluding hydrogens is 388 g/mol. The third-order valence-corrected chi connectivity index (χ3v) is 5.85. The Morgan fingerprint density at radius 1 is 1.17 bits per heavy atom. The Morgan fingerprint density at radius 3 is 2.53 bits per heavy atom. The maximum atomic E-state index is 13.4. The smallest absolute Gasteiger partial charge is 0.328 e. The molecule has 2 aromatic rings. The molecule has 2 aliphatic heterocycles. The number of rotatable bonds is 6. The lowest BCUT2D eigenvalue weighted by Crippen LogP contribution is -2.57. The van der Waals surface area contributed by atoms with E-state index in [1.807, 2.05) is 30.3 Å². The van der Waals surface area contributed by atoms with Crippen molar-refractivity contribution < 1.29 is 23.6 Å². The molecule has 30 heavy (non-hydrogen) atoms. The lowest BCUT2D eigenvalue weighted by molar-refractivity contribution is -0.136. The second kappa shape index (κ2) is 8.27. The van der Waals surface area contributed by atoms with Crippen LogP contribution in [0.2, 0.25) is 0 Å². The number of ether oxygens (including phenoxy) is 1. The molecule has 0 saturated carbocycles. The molecule has 1 aromatic heterocycles. The SMILES string of the molecule is COCCN1C(=O)N(Cc2ccccc2)C2(CCN(C(=O)c3ccno3)CC2)C1=O. The number of urea groups is 1. The van der Waals surface area contributed by atoms with Crippen LogP contribution in [0.4, 0.5) is 4.79 Å². The number of nitrogens with zero attached hydrogens (tertiary/aromatic N) is 4. The first kappa shape index (κ1) is 20.1. The monoisotopic (exact) mass is 412 g/mol. The number of hydrogen-bond acceptors (Lipinski definition) is 6. The van der Waals surface area contributed by atoms with Crippen molar-refractivity contribution in [3.63, 3.8) is 0 Å². The van der Waals surface area contributed by atoms with E-state index < -0.39 is 5.54 Å². The summed E-state index contributed by atoms with van der Waals surface area (Å²) in [7, 11) is 1.54. The van der Waals surface area contributed by atoms with Crippen LogP contribution in [-0.2, 0) is 16.1 Å². The Balaban J connectivity index is 1.57. The Kier molecular flexibility index (Phi) is 5.54. The maximum Gasteiger partial charge on any atom is 0.328 e. The van der Waals surface area contributed by atoms with Gasteiger partial charge >= 0.3 is 6.03 Å². The summed E-state index contributed by atoms with van der Waals surface area (Å²) in [5.74, 6) is -0.306. The van der Waals surface area contributed by atoms with Crippen LogP contribution < -0.4 is 0 Å². The number of likely N-dealkylation sites (tertiary alicyclic amines) is 1. The number of methoxy groups -OCH3 is 1. The molecule has 0 bridgehead atoms. The van der Waals surface area contributed by atoms with E-state index in [2.05, 4.69) is 5.16 Å². The van der Waals surface area contributed by atoms with E-state index >= 15 is 0 Å². The van der Waals surface area contributed by atoms with Gasteiger partial charge in [-0.05, 0) is 18.4 Å². The molecule has 9 heteroatoms. The second-order valence-electron chi connectivity index (χ2n) is 7.50. The Hall–Kier alpha value is -3.20. The molecule has 0 atom stereocenters. The number of carbonyl (C=O) groups excluding carboxylic acids is 3. The highest BCUT2D eigenvalue weighted by molar-refractivity contribution is 6.07. The summed E-state index contributed by atoms with van der Waals surface area (Å²) < 4.78 is 10.1. The van der Waals surface area contributed by atoms with Gasteiger partial charge in [-0.1, -0.05) is 35.5 Å². The highest BCUT2D eigenvalue weighted by Crippen LogP contribution is 2.38. The molecule has 4 amide bonds. The number of amides is 4. The molecule has 0 aliphatic carbocycles. The lowest BCUT2D eigenvalue weighted by Gasteiger charge is -2.42. The molecule has 2 aliphatic rings. The van der Waals surface area contributed by atoms with E-state index in [0.29, 0.717) is 32.5 Å². The van der Waals surface area contributed by atoms with Crippen LogP contribution in [0.3, 0.4) is 0 Å². The first-order valence-corrected chi connectivity index (χ1v) is 9.93. The molecule has 0 N–H and O–H groups in total. The fraction of sp³-hybridized carbons (Fsp3) is 0.429. The largest absolute Gasteiger partial charge is 0.383 e. The minimum atomic E-state index is -0.959. The molecular formula is C21H24N4O5. The zero-order valence-corrected chi connectivity index (χ0v) is 16.8. The van der Waals surface area contributed by atoms with Crippen LogP contribution in [-0.4, -0.2) is 76.6 Å². The van der Waals surface area contributed by atoms with Gasteiger partial charge in [0, 0.05) is 32.8 Å².